The molecule has 38 nitrogen and oxygen atoms in total. The van der Waals surface area contributed by atoms with E-state index in [0.29, 0.717) is 70.6 Å². The molecule has 5 fully saturated rings. The van der Waals surface area contributed by atoms with Crippen molar-refractivity contribution in [3.8, 4) is 5.75 Å². The number of primary amides is 1. The summed E-state index contributed by atoms with van der Waals surface area (Å²) >= 11 is 0.821. The van der Waals surface area contributed by atoms with Crippen LogP contribution < -0.4 is 64.2 Å². The number of nitrogens with zero attached hydrogens (tertiary/aromatic N) is 5. The predicted octanol–water partition coefficient (Wildman–Crippen LogP) is -0.0480. The van der Waals surface area contributed by atoms with Gasteiger partial charge in [-0.1, -0.05) is 116 Å². The van der Waals surface area contributed by atoms with Gasteiger partial charge in [-0.2, -0.15) is 0 Å². The van der Waals surface area contributed by atoms with Gasteiger partial charge >= 0.3 is 0 Å². The van der Waals surface area contributed by atoms with Gasteiger partial charge in [-0.15, -0.1) is 11.8 Å². The average Bonchev–Trinajstić information content (AvgIpc) is 1.57. The second-order valence-electron chi connectivity index (χ2n) is 34.3. The summed E-state index contributed by atoms with van der Waals surface area (Å²) in [7, 11) is 4.06. The summed E-state index contributed by atoms with van der Waals surface area (Å²) in [6.45, 7) is 10.0. The minimum absolute atomic E-state index is 0.00365. The Morgan fingerprint density at radius 3 is 1.60 bits per heavy atom. The van der Waals surface area contributed by atoms with Crippen LogP contribution in [0.3, 0.4) is 0 Å². The van der Waals surface area contributed by atoms with E-state index in [1.165, 1.54) is 71.9 Å². The van der Waals surface area contributed by atoms with Crippen LogP contribution in [0.2, 0.25) is 0 Å². The molecule has 0 radical (unpaired) electrons. The number of hydrogen-bond acceptors (Lipinski definition) is 20. The number of aromatic hydroxyl groups is 1. The van der Waals surface area contributed by atoms with E-state index in [4.69, 9.17) is 5.73 Å². The number of aliphatic hydroxyl groups is 1. The molecule has 128 heavy (non-hydrogen) atoms. The summed E-state index contributed by atoms with van der Waals surface area (Å²) in [6, 6.07) is -0.130. The van der Waals surface area contributed by atoms with E-state index in [0.717, 1.165) is 16.7 Å². The number of carbonyl (C=O) groups is 17. The fourth-order valence-electron chi connectivity index (χ4n) is 16.5. The van der Waals surface area contributed by atoms with Gasteiger partial charge in [0.1, 0.15) is 90.3 Å². The third kappa shape index (κ3) is 26.7. The van der Waals surface area contributed by atoms with E-state index in [1.807, 2.05) is 13.8 Å². The number of amides is 17. The molecule has 17 N–H and O–H groups in total. The number of aromatic nitrogens is 2. The Morgan fingerprint density at radius 1 is 0.508 bits per heavy atom. The third-order valence-electron chi connectivity index (χ3n) is 23.8. The fraction of sp³-hybridized carbons (Fsp3) is 0.562. The zero-order chi connectivity index (χ0) is 93.3. The first-order valence-corrected chi connectivity index (χ1v) is 45.2. The number of likely N-dealkylation sites (N-methyl/N-ethyl adjacent to an activating group) is 3. The lowest BCUT2D eigenvalue weighted by atomic mass is 9.99. The number of unbranched alkanes of at least 4 members (excludes halogenated alkanes) is 2. The molecule has 0 saturated carbocycles. The zero-order valence-corrected chi connectivity index (χ0v) is 75.2. The van der Waals surface area contributed by atoms with Gasteiger partial charge in [0, 0.05) is 106 Å². The summed E-state index contributed by atoms with van der Waals surface area (Å²) in [6.07, 6.45) is 4.52. The van der Waals surface area contributed by atoms with Crippen LogP contribution in [0.1, 0.15) is 155 Å². The maximum atomic E-state index is 15.7. The van der Waals surface area contributed by atoms with Crippen molar-refractivity contribution in [3.05, 3.63) is 102 Å². The smallest absolute Gasteiger partial charge is 0.245 e. The van der Waals surface area contributed by atoms with E-state index in [2.05, 4.69) is 68.5 Å². The minimum Gasteiger partial charge on any atom is -0.508 e. The van der Waals surface area contributed by atoms with Gasteiger partial charge in [0.05, 0.1) is 18.9 Å². The molecular weight excluding hydrogens is 1670 g/mol. The molecule has 0 unspecified atom stereocenters. The number of nitrogens with one attached hydrogen (secondary N) is 13. The minimum atomic E-state index is -1.82. The second kappa shape index (κ2) is 47.1. The number of carbonyl (C=O) groups excluding carboxylic acids is 17. The zero-order valence-electron chi connectivity index (χ0n) is 74.3. The number of benzene rings is 3. The Morgan fingerprint density at radius 2 is 1.01 bits per heavy atom. The third-order valence-corrected chi connectivity index (χ3v) is 24.8. The Bertz CT molecular complexity index is 4830. The number of H-pyrrole nitrogens is 2. The molecule has 0 spiro atoms. The highest BCUT2D eigenvalue weighted by Gasteiger charge is 2.46. The van der Waals surface area contributed by atoms with Gasteiger partial charge in [0.15, 0.2) is 0 Å². The van der Waals surface area contributed by atoms with Gasteiger partial charge in [0.2, 0.25) is 100 Å². The Labute approximate surface area is 747 Å². The molecule has 7 heterocycles. The molecule has 39 heteroatoms. The van der Waals surface area contributed by atoms with E-state index in [1.54, 1.807) is 88.6 Å². The average molecular weight is 1800 g/mol. The lowest BCUT2D eigenvalue weighted by molar-refractivity contribution is -0.149. The van der Waals surface area contributed by atoms with Crippen LogP contribution in [-0.2, 0) is 101 Å². The second-order valence-corrected chi connectivity index (χ2v) is 35.3. The van der Waals surface area contributed by atoms with E-state index in [9.17, 15) is 58.2 Å². The highest BCUT2D eigenvalue weighted by Crippen LogP contribution is 2.28. The monoisotopic (exact) mass is 1800 g/mol. The van der Waals surface area contributed by atoms with Gasteiger partial charge < -0.3 is 109 Å². The Kier molecular flexibility index (Phi) is 36.6. The molecule has 5 saturated heterocycles. The number of phenolic OH excluding ortho intramolecular Hbond substituents is 1. The van der Waals surface area contributed by atoms with Crippen LogP contribution in [0.15, 0.2) is 85.2 Å². The standard InChI is InChI=1S/C89H125N19O19S/c1-11-13-25-69-82(120)97-61(37-49(3)4)78(116)103-68(77(115)94-45-73(90)111)47-128-48-75(113)95-64(39-52-29-31-55(110)32-30-52)85(123)104(8)51(7)76(114)96-60-33-34-74(112)93-44-66(101-84(122)71-28-19-35-107(71)87(60)125)80(118)99-63(38-50(5)6)88(126)108-36-20-27-70(108)83(121)98-62(40-53-42-91-58-23-17-15-21-56(53)58)79(117)102-67(46-109)81(119)100-65(41-54-43-92-59-24-18-16-22-57(54)59)86(124)106(10)72(26-14-12-2)89(127)105(69)9/h15-18,21-24,29-32,42-43,49-51,60-72,91-92,109-110H,11-14,19-20,25-28,33-41,44-48H2,1-10H3,(H2,90,111)(H,93,112)(H,94,115)(H,95,113)(H,96,114)(H,97,120)(H,98,121)(H,99,118)(H,100,119)(H,101,122)(H,102,117)(H,103,116)/t51-,60-,61-,62-,63-,64-,65-,66-,67-,68-,69-,70-,71-,72-/m0/s1. The fourth-order valence-corrected chi connectivity index (χ4v) is 17.4. The van der Waals surface area contributed by atoms with Crippen molar-refractivity contribution >= 4 is 134 Å². The highest BCUT2D eigenvalue weighted by atomic mass is 32.2. The molecule has 3 aromatic carbocycles. The van der Waals surface area contributed by atoms with Gasteiger partial charge in [-0.3, -0.25) is 81.5 Å². The quantitative estimate of drug-likeness (QED) is 0.0454. The number of aromatic amines is 2. The van der Waals surface area contributed by atoms with E-state index < -0.39 is 217 Å². The summed E-state index contributed by atoms with van der Waals surface area (Å²) in [5, 5.41) is 52.4. The largest absolute Gasteiger partial charge is 0.508 e. The topological polar surface area (TPSA) is 537 Å². The molecule has 14 atom stereocenters. The molecule has 10 rings (SSSR count). The van der Waals surface area contributed by atoms with Crippen molar-refractivity contribution in [2.24, 2.45) is 17.6 Å². The van der Waals surface area contributed by atoms with Crippen molar-refractivity contribution < 1.29 is 91.7 Å². The number of rotatable bonds is 20. The first-order valence-electron chi connectivity index (χ1n) is 44.0. The summed E-state index contributed by atoms with van der Waals surface area (Å²) in [5.41, 5.74) is 8.32. The van der Waals surface area contributed by atoms with Crippen molar-refractivity contribution in [2.45, 2.75) is 242 Å². The molecule has 2 aromatic heterocycles. The first kappa shape index (κ1) is 99.6. The van der Waals surface area contributed by atoms with Gasteiger partial charge in [0.25, 0.3) is 0 Å². The molecular formula is C89H125N19O19S. The van der Waals surface area contributed by atoms with Crippen molar-refractivity contribution in [3.63, 3.8) is 0 Å². The Balaban J connectivity index is 1.08. The van der Waals surface area contributed by atoms with Crippen LogP contribution in [0.4, 0.5) is 0 Å². The molecule has 5 aromatic rings. The molecule has 5 aliphatic heterocycles. The maximum Gasteiger partial charge on any atom is 0.245 e. The van der Waals surface area contributed by atoms with E-state index in [-0.39, 0.29) is 107 Å². The van der Waals surface area contributed by atoms with Crippen LogP contribution in [0, 0.1) is 11.8 Å². The molecule has 5 aliphatic rings. The summed E-state index contributed by atoms with van der Waals surface area (Å²) in [5.74, 6) is -15.8. The van der Waals surface area contributed by atoms with Crippen LogP contribution in [-0.4, -0.2) is 295 Å². The number of hydrogen-bond donors (Lipinski definition) is 16. The summed E-state index contributed by atoms with van der Waals surface area (Å²) < 4.78 is 0. The van der Waals surface area contributed by atoms with Crippen LogP contribution in [0.5, 0.6) is 5.75 Å². The molecule has 0 aliphatic carbocycles. The number of fused-ring (bicyclic) bond motifs is 41. The van der Waals surface area contributed by atoms with Gasteiger partial charge in [-0.05, 0) is 118 Å². The number of nitrogens with two attached hydrogens (primary N) is 1. The molecule has 696 valence electrons. The van der Waals surface area contributed by atoms with Crippen molar-refractivity contribution in [1.29, 1.82) is 0 Å². The SMILES string of the molecule is CCCC[C@H]1C(=O)N(C)[C@@H](CCCC)C(=O)N[C@@H](CC(C)C)C(=O)N[C@H](C(=O)NCC(N)=O)CSCC(=O)N[C@@H](Cc2ccc(O)cc2)C(=O)N(C)[C@@H](C)C(=O)N[C@H]2CCC(=O)NC[C@H](NC(=O)[C@@H]3CCCN3C2=O)C(=O)N[C@@H](CC(C)C)C(=O)N2CCC[C@H]2C(=O)N[C@@H](Cc2c[nH]c3ccccc23)C(=O)N[C@@H](CO)C(=O)N[C@@H](Cc2c[nH]c3ccccc23)C(=O)N1C. The maximum absolute atomic E-state index is 15.7. The lowest BCUT2D eigenvalue weighted by Crippen LogP contribution is -2.62. The van der Waals surface area contributed by atoms with Crippen LogP contribution >= 0.6 is 11.8 Å². The lowest BCUT2D eigenvalue weighted by Gasteiger charge is -2.36. The molecule has 17 amide bonds. The van der Waals surface area contributed by atoms with Crippen molar-refractivity contribution in [2.75, 3.05) is 65.4 Å². The van der Waals surface area contributed by atoms with Crippen LogP contribution in [0.25, 0.3) is 21.8 Å². The number of thioether (sulfide) groups is 1. The Hall–Kier alpha value is -12.2. The first-order chi connectivity index (χ1) is 61.0. The number of aliphatic hydroxyl groups excluding tert-OH is 1. The number of para-hydroxylation sites is 2. The highest BCUT2D eigenvalue weighted by molar-refractivity contribution is 8.00. The number of phenols is 1. The van der Waals surface area contributed by atoms with Gasteiger partial charge in [-0.25, -0.2) is 0 Å². The normalized spacial score (nSPS) is 25.6. The molecule has 2 bridgehead atoms. The predicted molar refractivity (Wildman–Crippen MR) is 475 cm³/mol. The summed E-state index contributed by atoms with van der Waals surface area (Å²) in [4.78, 5) is 262. The van der Waals surface area contributed by atoms with E-state index >= 15 is 33.6 Å². The van der Waals surface area contributed by atoms with Crippen molar-refractivity contribution in [1.82, 2.24) is 93.0 Å².